The number of nitrogens with one attached hydrogen (secondary N) is 1. The zero-order chi connectivity index (χ0) is 14.5. The third-order valence-electron chi connectivity index (χ3n) is 3.10. The number of ether oxygens (including phenoxy) is 2. The van der Waals surface area contributed by atoms with Gasteiger partial charge in [0.15, 0.2) is 0 Å². The summed E-state index contributed by atoms with van der Waals surface area (Å²) in [7, 11) is 0. The van der Waals surface area contributed by atoms with Crippen molar-refractivity contribution in [3.05, 3.63) is 27.9 Å². The van der Waals surface area contributed by atoms with Gasteiger partial charge in [0.1, 0.15) is 12.4 Å². The van der Waals surface area contributed by atoms with Gasteiger partial charge in [0, 0.05) is 19.2 Å². The molecule has 20 heavy (non-hydrogen) atoms. The van der Waals surface area contributed by atoms with Crippen molar-refractivity contribution in [2.24, 2.45) is 0 Å². The number of aromatic nitrogens is 2. The van der Waals surface area contributed by atoms with E-state index in [1.54, 1.807) is 11.8 Å². The first-order valence-corrected chi connectivity index (χ1v) is 6.64. The molecule has 1 amide bonds. The van der Waals surface area contributed by atoms with Crippen LogP contribution >= 0.6 is 0 Å². The Morgan fingerprint density at radius 3 is 3.15 bits per heavy atom. The molecule has 0 bridgehead atoms. The molecule has 0 saturated carbocycles. The van der Waals surface area contributed by atoms with E-state index in [1.165, 1.54) is 6.07 Å². The summed E-state index contributed by atoms with van der Waals surface area (Å²) in [6, 6.07) is 1.07. The van der Waals surface area contributed by atoms with Gasteiger partial charge in [-0.2, -0.15) is 0 Å². The lowest BCUT2D eigenvalue weighted by Gasteiger charge is -2.35. The monoisotopic (exact) mass is 281 g/mol. The Balaban J connectivity index is 2.21. The first kappa shape index (κ1) is 14.7. The number of morpholine rings is 1. The predicted octanol–water partition coefficient (Wildman–Crippen LogP) is 0.0147. The number of aromatic amines is 1. The van der Waals surface area contributed by atoms with Gasteiger partial charge in [-0.25, -0.2) is 4.98 Å². The summed E-state index contributed by atoms with van der Waals surface area (Å²) in [5.74, 6) is 0.412. The molecule has 1 atom stereocenters. The third-order valence-corrected chi connectivity index (χ3v) is 3.10. The Hall–Kier alpha value is -1.73. The number of amides is 1. The minimum Gasteiger partial charge on any atom is -0.377 e. The van der Waals surface area contributed by atoms with E-state index < -0.39 is 0 Å². The van der Waals surface area contributed by atoms with E-state index in [4.69, 9.17) is 9.47 Å². The first-order valence-electron chi connectivity index (χ1n) is 6.64. The van der Waals surface area contributed by atoms with E-state index in [-0.39, 0.29) is 24.1 Å². The van der Waals surface area contributed by atoms with E-state index in [2.05, 4.69) is 9.97 Å². The number of hydrogen-bond acceptors (Lipinski definition) is 5. The van der Waals surface area contributed by atoms with Crippen LogP contribution in [0.2, 0.25) is 0 Å². The zero-order valence-corrected chi connectivity index (χ0v) is 11.7. The molecule has 1 saturated heterocycles. The summed E-state index contributed by atoms with van der Waals surface area (Å²) in [5, 5.41) is 0. The van der Waals surface area contributed by atoms with Crippen LogP contribution in [0.4, 0.5) is 0 Å². The summed E-state index contributed by atoms with van der Waals surface area (Å²) < 4.78 is 10.6. The van der Waals surface area contributed by atoms with Crippen molar-refractivity contribution in [2.75, 3.05) is 33.0 Å². The van der Waals surface area contributed by atoms with Gasteiger partial charge in [-0.3, -0.25) is 9.59 Å². The molecule has 1 fully saturated rings. The summed E-state index contributed by atoms with van der Waals surface area (Å²) >= 11 is 0. The summed E-state index contributed by atoms with van der Waals surface area (Å²) in [6.45, 7) is 5.37. The number of carbonyl (C=O) groups is 1. The highest BCUT2D eigenvalue weighted by Crippen LogP contribution is 2.21. The maximum Gasteiger partial charge on any atom is 0.251 e. The molecule has 1 aliphatic heterocycles. The molecule has 0 radical (unpaired) electrons. The Bertz CT molecular complexity index is 529. The lowest BCUT2D eigenvalue weighted by Crippen LogP contribution is -2.45. The van der Waals surface area contributed by atoms with Gasteiger partial charge >= 0.3 is 0 Å². The highest BCUT2D eigenvalue weighted by Gasteiger charge is 2.29. The predicted molar refractivity (Wildman–Crippen MR) is 71.4 cm³/mol. The number of rotatable bonds is 4. The van der Waals surface area contributed by atoms with Crippen LogP contribution < -0.4 is 5.56 Å². The SMILES string of the molecule is CCOCC(=O)N1CCOC[C@H]1c1cc(=O)[nH]c(C)n1. The van der Waals surface area contributed by atoms with Gasteiger partial charge in [0.05, 0.1) is 24.9 Å². The van der Waals surface area contributed by atoms with Crippen molar-refractivity contribution < 1.29 is 14.3 Å². The fraction of sp³-hybridized carbons (Fsp3) is 0.615. The Kier molecular flexibility index (Phi) is 4.86. The molecule has 0 unspecified atom stereocenters. The summed E-state index contributed by atoms with van der Waals surface area (Å²) in [4.78, 5) is 32.2. The zero-order valence-electron chi connectivity index (χ0n) is 11.7. The normalized spacial score (nSPS) is 19.1. The largest absolute Gasteiger partial charge is 0.377 e. The highest BCUT2D eigenvalue weighted by atomic mass is 16.5. The van der Waals surface area contributed by atoms with Crippen molar-refractivity contribution in [1.82, 2.24) is 14.9 Å². The molecule has 0 spiro atoms. The number of H-pyrrole nitrogens is 1. The number of carbonyl (C=O) groups excluding carboxylic acids is 1. The van der Waals surface area contributed by atoms with Crippen LogP contribution in [0.1, 0.15) is 24.5 Å². The third kappa shape index (κ3) is 3.43. The first-order chi connectivity index (χ1) is 9.61. The van der Waals surface area contributed by atoms with E-state index >= 15 is 0 Å². The van der Waals surface area contributed by atoms with Crippen molar-refractivity contribution in [1.29, 1.82) is 0 Å². The van der Waals surface area contributed by atoms with Gasteiger partial charge in [-0.1, -0.05) is 0 Å². The van der Waals surface area contributed by atoms with Gasteiger partial charge in [-0.05, 0) is 13.8 Å². The van der Waals surface area contributed by atoms with Gasteiger partial charge < -0.3 is 19.4 Å². The van der Waals surface area contributed by atoms with Crippen molar-refractivity contribution in [3.8, 4) is 0 Å². The molecular formula is C13H19N3O4. The maximum atomic E-state index is 12.1. The van der Waals surface area contributed by atoms with Crippen molar-refractivity contribution in [2.45, 2.75) is 19.9 Å². The molecule has 1 aliphatic rings. The van der Waals surface area contributed by atoms with Crippen LogP contribution in [0.15, 0.2) is 10.9 Å². The molecule has 0 aromatic carbocycles. The van der Waals surface area contributed by atoms with Crippen LogP contribution in [-0.2, 0) is 14.3 Å². The van der Waals surface area contributed by atoms with Crippen LogP contribution in [0.3, 0.4) is 0 Å². The molecule has 110 valence electrons. The molecule has 1 aromatic rings. The average molecular weight is 281 g/mol. The molecular weight excluding hydrogens is 262 g/mol. The van der Waals surface area contributed by atoms with Gasteiger partial charge in [-0.15, -0.1) is 0 Å². The van der Waals surface area contributed by atoms with Gasteiger partial charge in [0.25, 0.3) is 5.56 Å². The van der Waals surface area contributed by atoms with E-state index in [0.717, 1.165) is 0 Å². The second-order valence-electron chi connectivity index (χ2n) is 4.57. The maximum absolute atomic E-state index is 12.1. The topological polar surface area (TPSA) is 84.5 Å². The minimum absolute atomic E-state index is 0.0369. The number of aryl methyl sites for hydroxylation is 1. The van der Waals surface area contributed by atoms with Gasteiger partial charge in [0.2, 0.25) is 5.91 Å². The Morgan fingerprint density at radius 2 is 2.45 bits per heavy atom. The Labute approximate surface area is 116 Å². The second kappa shape index (κ2) is 6.62. The molecule has 7 heteroatoms. The number of hydrogen-bond donors (Lipinski definition) is 1. The second-order valence-corrected chi connectivity index (χ2v) is 4.57. The van der Waals surface area contributed by atoms with Crippen LogP contribution in [0.5, 0.6) is 0 Å². The summed E-state index contributed by atoms with van der Waals surface area (Å²) in [5.41, 5.74) is 0.325. The van der Waals surface area contributed by atoms with E-state index in [9.17, 15) is 9.59 Å². The molecule has 2 heterocycles. The van der Waals surface area contributed by atoms with Crippen molar-refractivity contribution >= 4 is 5.91 Å². The van der Waals surface area contributed by atoms with Crippen LogP contribution in [0.25, 0.3) is 0 Å². The highest BCUT2D eigenvalue weighted by molar-refractivity contribution is 5.78. The van der Waals surface area contributed by atoms with Crippen LogP contribution in [-0.4, -0.2) is 53.7 Å². The van der Waals surface area contributed by atoms with E-state index in [0.29, 0.717) is 37.9 Å². The van der Waals surface area contributed by atoms with Crippen LogP contribution in [0, 0.1) is 6.92 Å². The quantitative estimate of drug-likeness (QED) is 0.840. The Morgan fingerprint density at radius 1 is 1.65 bits per heavy atom. The van der Waals surface area contributed by atoms with E-state index in [1.807, 2.05) is 6.92 Å². The molecule has 0 aliphatic carbocycles. The fourth-order valence-electron chi connectivity index (χ4n) is 2.19. The summed E-state index contributed by atoms with van der Waals surface area (Å²) in [6.07, 6.45) is 0. The molecule has 1 aromatic heterocycles. The standard InChI is InChI=1S/C13H19N3O4/c1-3-19-8-13(18)16-4-5-20-7-11(16)10-6-12(17)15-9(2)14-10/h6,11H,3-5,7-8H2,1-2H3,(H,14,15,17)/t11-/m0/s1. The fourth-order valence-corrected chi connectivity index (χ4v) is 2.19. The molecule has 2 rings (SSSR count). The lowest BCUT2D eigenvalue weighted by atomic mass is 10.1. The smallest absolute Gasteiger partial charge is 0.251 e. The number of nitrogens with zero attached hydrogens (tertiary/aromatic N) is 2. The lowest BCUT2D eigenvalue weighted by molar-refractivity contribution is -0.145. The molecule has 1 N–H and O–H groups in total. The molecule has 7 nitrogen and oxygen atoms in total. The average Bonchev–Trinajstić information content (AvgIpc) is 2.43. The van der Waals surface area contributed by atoms with Crippen molar-refractivity contribution in [3.63, 3.8) is 0 Å². The minimum atomic E-state index is -0.335.